The fraction of sp³-hybridized carbons (Fsp3) is 0.182. The van der Waals surface area contributed by atoms with Gasteiger partial charge in [-0.2, -0.15) is 0 Å². The molecule has 0 spiro atoms. The zero-order chi connectivity index (χ0) is 10.1. The Labute approximate surface area is 81.9 Å². The summed E-state index contributed by atoms with van der Waals surface area (Å²) in [6.45, 7) is 2.04. The van der Waals surface area contributed by atoms with Crippen LogP contribution < -0.4 is 5.73 Å². The van der Waals surface area contributed by atoms with Gasteiger partial charge in [-0.15, -0.1) is 0 Å². The van der Waals surface area contributed by atoms with E-state index in [4.69, 9.17) is 5.73 Å². The first-order valence-electron chi connectivity index (χ1n) is 4.53. The molecule has 3 N–H and O–H groups in total. The second-order valence-electron chi connectivity index (χ2n) is 3.36. The smallest absolute Gasteiger partial charge is 0.176 e. The number of H-pyrrole nitrogens is 1. The third-order valence-corrected chi connectivity index (χ3v) is 2.36. The first kappa shape index (κ1) is 8.97. The quantitative estimate of drug-likeness (QED) is 0.703. The number of hydrogen-bond acceptors (Lipinski definition) is 2. The van der Waals surface area contributed by atoms with Gasteiger partial charge >= 0.3 is 0 Å². The minimum Gasteiger partial charge on any atom is -0.361 e. The van der Waals surface area contributed by atoms with Crippen LogP contribution in [0.5, 0.6) is 0 Å². The number of ketones is 1. The van der Waals surface area contributed by atoms with Crippen LogP contribution in [0.4, 0.5) is 0 Å². The van der Waals surface area contributed by atoms with E-state index in [1.54, 1.807) is 0 Å². The van der Waals surface area contributed by atoms with Crippen molar-refractivity contribution >= 4 is 16.7 Å². The van der Waals surface area contributed by atoms with E-state index in [1.807, 2.05) is 31.3 Å². The number of nitrogens with one attached hydrogen (secondary N) is 1. The summed E-state index contributed by atoms with van der Waals surface area (Å²) < 4.78 is 0. The van der Waals surface area contributed by atoms with Gasteiger partial charge in [-0.3, -0.25) is 4.79 Å². The Hall–Kier alpha value is -1.61. The molecule has 1 heterocycles. The molecule has 0 unspecified atom stereocenters. The summed E-state index contributed by atoms with van der Waals surface area (Å²) in [4.78, 5) is 14.5. The van der Waals surface area contributed by atoms with Crippen LogP contribution >= 0.6 is 0 Å². The molecule has 0 atom stereocenters. The molecular weight excluding hydrogens is 176 g/mol. The molecule has 0 aliphatic rings. The van der Waals surface area contributed by atoms with Crippen molar-refractivity contribution in [2.45, 2.75) is 6.92 Å². The zero-order valence-corrected chi connectivity index (χ0v) is 8.00. The van der Waals surface area contributed by atoms with Gasteiger partial charge in [-0.1, -0.05) is 0 Å². The number of hydrogen-bond donors (Lipinski definition) is 2. The maximum Gasteiger partial charge on any atom is 0.176 e. The van der Waals surface area contributed by atoms with Gasteiger partial charge in [0.25, 0.3) is 0 Å². The molecule has 14 heavy (non-hydrogen) atoms. The number of rotatable bonds is 2. The van der Waals surface area contributed by atoms with Crippen molar-refractivity contribution in [3.63, 3.8) is 0 Å². The van der Waals surface area contributed by atoms with Crippen LogP contribution in [0.1, 0.15) is 15.9 Å². The summed E-state index contributed by atoms with van der Waals surface area (Å²) in [5.74, 6) is -0.0174. The summed E-state index contributed by atoms with van der Waals surface area (Å²) in [6.07, 6.45) is 1.87. The highest BCUT2D eigenvalue weighted by atomic mass is 16.1. The first-order chi connectivity index (χ1) is 6.72. The van der Waals surface area contributed by atoms with Gasteiger partial charge in [-0.25, -0.2) is 0 Å². The second kappa shape index (κ2) is 3.27. The summed E-state index contributed by atoms with van der Waals surface area (Å²) >= 11 is 0. The standard InChI is InChI=1S/C11H12N2O/c1-7-4-9(10(14)6-12)5-8-2-3-13-11(7)8/h2-5,13H,6,12H2,1H3. The molecule has 2 rings (SSSR count). The lowest BCUT2D eigenvalue weighted by molar-refractivity contribution is 0.100. The van der Waals surface area contributed by atoms with Crippen molar-refractivity contribution in [2.24, 2.45) is 5.73 Å². The van der Waals surface area contributed by atoms with Gasteiger partial charge in [0.05, 0.1) is 6.54 Å². The minimum absolute atomic E-state index is 0.0174. The first-order valence-corrected chi connectivity index (χ1v) is 4.53. The molecule has 0 amide bonds. The number of aromatic nitrogens is 1. The highest BCUT2D eigenvalue weighted by molar-refractivity contribution is 6.01. The van der Waals surface area contributed by atoms with Crippen LogP contribution in [0.25, 0.3) is 10.9 Å². The monoisotopic (exact) mass is 188 g/mol. The summed E-state index contributed by atoms with van der Waals surface area (Å²) in [7, 11) is 0. The molecule has 0 radical (unpaired) electrons. The van der Waals surface area contributed by atoms with Crippen molar-refractivity contribution in [3.05, 3.63) is 35.5 Å². The fourth-order valence-corrected chi connectivity index (χ4v) is 1.64. The van der Waals surface area contributed by atoms with Crippen LogP contribution in [-0.4, -0.2) is 17.3 Å². The SMILES string of the molecule is Cc1cc(C(=O)CN)cc2cc[nH]c12. The van der Waals surface area contributed by atoms with Crippen LogP contribution in [0.15, 0.2) is 24.4 Å². The molecule has 2 aromatic rings. The molecule has 1 aromatic carbocycles. The topological polar surface area (TPSA) is 58.9 Å². The average Bonchev–Trinajstić information content (AvgIpc) is 2.64. The average molecular weight is 188 g/mol. The molecule has 1 aromatic heterocycles. The predicted molar refractivity (Wildman–Crippen MR) is 56.4 cm³/mol. The van der Waals surface area contributed by atoms with E-state index in [-0.39, 0.29) is 12.3 Å². The number of Topliss-reactive ketones (excluding diaryl/α,β-unsaturated/α-hetero) is 1. The third kappa shape index (κ3) is 1.32. The lowest BCUT2D eigenvalue weighted by Gasteiger charge is -2.01. The number of aromatic amines is 1. The van der Waals surface area contributed by atoms with E-state index in [0.717, 1.165) is 16.5 Å². The number of carbonyl (C=O) groups is 1. The Balaban J connectivity index is 2.64. The van der Waals surface area contributed by atoms with Gasteiger partial charge in [0.2, 0.25) is 0 Å². The number of fused-ring (bicyclic) bond motifs is 1. The van der Waals surface area contributed by atoms with E-state index in [9.17, 15) is 4.79 Å². The predicted octanol–water partition coefficient (Wildman–Crippen LogP) is 1.62. The van der Waals surface area contributed by atoms with E-state index in [0.29, 0.717) is 5.56 Å². The molecule has 0 saturated carbocycles. The molecule has 0 bridgehead atoms. The number of benzene rings is 1. The maximum absolute atomic E-state index is 11.4. The normalized spacial score (nSPS) is 10.7. The van der Waals surface area contributed by atoms with Gasteiger partial charge in [-0.05, 0) is 30.7 Å². The van der Waals surface area contributed by atoms with E-state index < -0.39 is 0 Å². The van der Waals surface area contributed by atoms with E-state index in [1.165, 1.54) is 0 Å². The highest BCUT2D eigenvalue weighted by Gasteiger charge is 2.06. The van der Waals surface area contributed by atoms with Gasteiger partial charge < -0.3 is 10.7 Å². The second-order valence-corrected chi connectivity index (χ2v) is 3.36. The molecular formula is C11H12N2O. The molecule has 0 aliphatic heterocycles. The van der Waals surface area contributed by atoms with Crippen molar-refractivity contribution < 1.29 is 4.79 Å². The molecule has 0 fully saturated rings. The lowest BCUT2D eigenvalue weighted by atomic mass is 10.0. The number of nitrogens with two attached hydrogens (primary N) is 1. The Morgan fingerprint density at radius 2 is 2.29 bits per heavy atom. The van der Waals surface area contributed by atoms with Crippen molar-refractivity contribution in [1.29, 1.82) is 0 Å². The highest BCUT2D eigenvalue weighted by Crippen LogP contribution is 2.19. The Kier molecular flexibility index (Phi) is 2.09. The van der Waals surface area contributed by atoms with Crippen LogP contribution in [0.2, 0.25) is 0 Å². The lowest BCUT2D eigenvalue weighted by Crippen LogP contribution is -2.13. The molecule has 0 aliphatic carbocycles. The minimum atomic E-state index is -0.0174. The van der Waals surface area contributed by atoms with E-state index >= 15 is 0 Å². The molecule has 0 saturated heterocycles. The van der Waals surface area contributed by atoms with E-state index in [2.05, 4.69) is 4.98 Å². The van der Waals surface area contributed by atoms with Crippen LogP contribution in [-0.2, 0) is 0 Å². The number of carbonyl (C=O) groups excluding carboxylic acids is 1. The Bertz CT molecular complexity index is 485. The maximum atomic E-state index is 11.4. The summed E-state index contributed by atoms with van der Waals surface area (Å²) in [5.41, 5.74) is 8.16. The third-order valence-electron chi connectivity index (χ3n) is 2.36. The van der Waals surface area contributed by atoms with Crippen LogP contribution in [0.3, 0.4) is 0 Å². The van der Waals surface area contributed by atoms with Crippen molar-refractivity contribution in [1.82, 2.24) is 4.98 Å². The molecule has 72 valence electrons. The summed E-state index contributed by atoms with van der Waals surface area (Å²) in [6, 6.07) is 5.69. The Morgan fingerprint density at radius 1 is 1.50 bits per heavy atom. The van der Waals surface area contributed by atoms with Crippen LogP contribution in [0, 0.1) is 6.92 Å². The molecule has 3 heteroatoms. The van der Waals surface area contributed by atoms with Gasteiger partial charge in [0, 0.05) is 22.7 Å². The summed E-state index contributed by atoms with van der Waals surface area (Å²) in [5, 5.41) is 1.06. The van der Waals surface area contributed by atoms with Gasteiger partial charge in [0.1, 0.15) is 0 Å². The van der Waals surface area contributed by atoms with Crippen molar-refractivity contribution in [2.75, 3.05) is 6.54 Å². The van der Waals surface area contributed by atoms with Gasteiger partial charge in [0.15, 0.2) is 5.78 Å². The zero-order valence-electron chi connectivity index (χ0n) is 8.00. The molecule has 3 nitrogen and oxygen atoms in total. The largest absolute Gasteiger partial charge is 0.361 e. The number of aryl methyl sites for hydroxylation is 1. The fourth-order valence-electron chi connectivity index (χ4n) is 1.64. The van der Waals surface area contributed by atoms with Crippen molar-refractivity contribution in [3.8, 4) is 0 Å². The Morgan fingerprint density at radius 3 is 3.00 bits per heavy atom.